The molecular formula is C12H25NO4S. The Kier molecular flexibility index (Phi) is 6.84. The lowest BCUT2D eigenvalue weighted by molar-refractivity contribution is -0.139. The average molecular weight is 279 g/mol. The lowest BCUT2D eigenvalue weighted by Gasteiger charge is -2.19. The molecule has 0 saturated heterocycles. The fourth-order valence-corrected chi connectivity index (χ4v) is 3.01. The number of unbranched alkanes of at least 4 members (excludes halogenated alkanes) is 1. The third-order valence-electron chi connectivity index (χ3n) is 2.59. The van der Waals surface area contributed by atoms with Crippen LogP contribution in [0.2, 0.25) is 0 Å². The molecule has 0 heterocycles. The fraction of sp³-hybridized carbons (Fsp3) is 0.917. The Morgan fingerprint density at radius 1 is 1.33 bits per heavy atom. The van der Waals surface area contributed by atoms with Crippen LogP contribution >= 0.6 is 0 Å². The number of rotatable bonds is 8. The summed E-state index contributed by atoms with van der Waals surface area (Å²) in [5.41, 5.74) is -0.0864. The molecule has 0 spiro atoms. The molecule has 0 aliphatic carbocycles. The minimum atomic E-state index is -3.52. The van der Waals surface area contributed by atoms with Crippen molar-refractivity contribution in [3.63, 3.8) is 0 Å². The molecule has 6 heteroatoms. The standard InChI is InChI=1S/C12H25NO4S/c1-5-6-7-10(11(14)15)13-18(16,17)9-8-12(2,3)4/h10,13H,5-9H2,1-4H3,(H,14,15). The second-order valence-electron chi connectivity index (χ2n) is 5.78. The molecule has 0 fully saturated rings. The van der Waals surface area contributed by atoms with E-state index in [-0.39, 0.29) is 11.2 Å². The number of nitrogens with one attached hydrogen (secondary N) is 1. The van der Waals surface area contributed by atoms with Crippen molar-refractivity contribution in [2.24, 2.45) is 5.41 Å². The Morgan fingerprint density at radius 2 is 1.89 bits per heavy atom. The zero-order valence-electron chi connectivity index (χ0n) is 11.7. The van der Waals surface area contributed by atoms with E-state index < -0.39 is 22.0 Å². The Labute approximate surface area is 110 Å². The summed E-state index contributed by atoms with van der Waals surface area (Å²) in [6, 6.07) is -1.00. The number of carbonyl (C=O) groups is 1. The molecule has 0 aliphatic heterocycles. The summed E-state index contributed by atoms with van der Waals surface area (Å²) >= 11 is 0. The minimum Gasteiger partial charge on any atom is -0.480 e. The lowest BCUT2D eigenvalue weighted by Crippen LogP contribution is -2.42. The summed E-state index contributed by atoms with van der Waals surface area (Å²) in [6.07, 6.45) is 2.37. The van der Waals surface area contributed by atoms with Crippen LogP contribution in [0.15, 0.2) is 0 Å². The maximum absolute atomic E-state index is 11.8. The molecule has 1 unspecified atom stereocenters. The number of aliphatic carboxylic acids is 1. The molecule has 0 saturated carbocycles. The van der Waals surface area contributed by atoms with E-state index in [4.69, 9.17) is 5.11 Å². The van der Waals surface area contributed by atoms with Crippen LogP contribution in [-0.2, 0) is 14.8 Å². The number of carboxylic acids is 1. The second-order valence-corrected chi connectivity index (χ2v) is 7.65. The van der Waals surface area contributed by atoms with Gasteiger partial charge in [-0.2, -0.15) is 0 Å². The molecule has 0 aromatic carbocycles. The molecular weight excluding hydrogens is 254 g/mol. The third-order valence-corrected chi connectivity index (χ3v) is 3.97. The van der Waals surface area contributed by atoms with E-state index in [1.807, 2.05) is 27.7 Å². The molecule has 5 nitrogen and oxygen atoms in total. The van der Waals surface area contributed by atoms with E-state index in [2.05, 4.69) is 4.72 Å². The van der Waals surface area contributed by atoms with Gasteiger partial charge in [0, 0.05) is 0 Å². The highest BCUT2D eigenvalue weighted by Gasteiger charge is 2.24. The molecule has 0 rings (SSSR count). The van der Waals surface area contributed by atoms with Crippen molar-refractivity contribution in [3.8, 4) is 0 Å². The third kappa shape index (κ3) is 8.47. The van der Waals surface area contributed by atoms with Gasteiger partial charge in [-0.25, -0.2) is 13.1 Å². The number of hydrogen-bond donors (Lipinski definition) is 2. The van der Waals surface area contributed by atoms with E-state index in [0.29, 0.717) is 19.3 Å². The summed E-state index contributed by atoms with van der Waals surface area (Å²) < 4.78 is 25.8. The summed E-state index contributed by atoms with van der Waals surface area (Å²) in [5.74, 6) is -1.14. The van der Waals surface area contributed by atoms with E-state index >= 15 is 0 Å². The molecule has 108 valence electrons. The van der Waals surface area contributed by atoms with Crippen LogP contribution in [0.1, 0.15) is 53.4 Å². The predicted octanol–water partition coefficient (Wildman–Crippen LogP) is 1.99. The van der Waals surface area contributed by atoms with Gasteiger partial charge in [0.05, 0.1) is 5.75 Å². The fourth-order valence-electron chi connectivity index (χ4n) is 1.36. The number of carboxylic acid groups (broad SMARTS) is 1. The summed E-state index contributed by atoms with van der Waals surface area (Å²) in [4.78, 5) is 11.0. The molecule has 0 aliphatic rings. The van der Waals surface area contributed by atoms with Crippen molar-refractivity contribution in [2.45, 2.75) is 59.4 Å². The van der Waals surface area contributed by atoms with Gasteiger partial charge in [-0.3, -0.25) is 4.79 Å². The Hall–Kier alpha value is -0.620. The van der Waals surface area contributed by atoms with Crippen LogP contribution in [0, 0.1) is 5.41 Å². The van der Waals surface area contributed by atoms with Crippen molar-refractivity contribution in [1.82, 2.24) is 4.72 Å². The maximum atomic E-state index is 11.8. The van der Waals surface area contributed by atoms with Gasteiger partial charge in [-0.1, -0.05) is 40.5 Å². The Balaban J connectivity index is 4.47. The molecule has 0 amide bonds. The largest absolute Gasteiger partial charge is 0.480 e. The first-order valence-electron chi connectivity index (χ1n) is 6.30. The highest BCUT2D eigenvalue weighted by Crippen LogP contribution is 2.19. The molecule has 0 bridgehead atoms. The van der Waals surface area contributed by atoms with Gasteiger partial charge in [0.2, 0.25) is 10.0 Å². The van der Waals surface area contributed by atoms with Crippen molar-refractivity contribution in [1.29, 1.82) is 0 Å². The first-order valence-corrected chi connectivity index (χ1v) is 7.95. The van der Waals surface area contributed by atoms with E-state index in [0.717, 1.165) is 6.42 Å². The van der Waals surface area contributed by atoms with Crippen LogP contribution < -0.4 is 4.72 Å². The maximum Gasteiger partial charge on any atom is 0.321 e. The lowest BCUT2D eigenvalue weighted by atomic mass is 9.94. The van der Waals surface area contributed by atoms with Crippen LogP contribution in [0.25, 0.3) is 0 Å². The van der Waals surface area contributed by atoms with Crippen LogP contribution in [0.5, 0.6) is 0 Å². The van der Waals surface area contributed by atoms with Crippen LogP contribution in [0.4, 0.5) is 0 Å². The normalized spacial score (nSPS) is 14.4. The van der Waals surface area contributed by atoms with E-state index in [9.17, 15) is 13.2 Å². The van der Waals surface area contributed by atoms with Gasteiger partial charge in [-0.05, 0) is 18.3 Å². The van der Waals surface area contributed by atoms with Gasteiger partial charge >= 0.3 is 5.97 Å². The zero-order chi connectivity index (χ0) is 14.4. The average Bonchev–Trinajstić information content (AvgIpc) is 2.20. The van der Waals surface area contributed by atoms with Crippen molar-refractivity contribution >= 4 is 16.0 Å². The summed E-state index contributed by atoms with van der Waals surface area (Å²) in [6.45, 7) is 7.80. The van der Waals surface area contributed by atoms with Crippen molar-refractivity contribution < 1.29 is 18.3 Å². The summed E-state index contributed by atoms with van der Waals surface area (Å²) in [7, 11) is -3.52. The monoisotopic (exact) mass is 279 g/mol. The quantitative estimate of drug-likeness (QED) is 0.711. The Morgan fingerprint density at radius 3 is 2.28 bits per heavy atom. The molecule has 0 aromatic rings. The van der Waals surface area contributed by atoms with Crippen LogP contribution in [0.3, 0.4) is 0 Å². The predicted molar refractivity (Wildman–Crippen MR) is 71.9 cm³/mol. The number of hydrogen-bond acceptors (Lipinski definition) is 3. The molecule has 18 heavy (non-hydrogen) atoms. The van der Waals surface area contributed by atoms with Crippen LogP contribution in [-0.4, -0.2) is 31.3 Å². The highest BCUT2D eigenvalue weighted by atomic mass is 32.2. The molecule has 0 radical (unpaired) electrons. The van der Waals surface area contributed by atoms with Crippen molar-refractivity contribution in [2.75, 3.05) is 5.75 Å². The summed E-state index contributed by atoms with van der Waals surface area (Å²) in [5, 5.41) is 8.96. The van der Waals surface area contributed by atoms with Gasteiger partial charge in [0.1, 0.15) is 6.04 Å². The minimum absolute atomic E-state index is 0.0353. The smallest absolute Gasteiger partial charge is 0.321 e. The Bertz CT molecular complexity index is 357. The van der Waals surface area contributed by atoms with Gasteiger partial charge in [-0.15, -0.1) is 0 Å². The SMILES string of the molecule is CCCCC(NS(=O)(=O)CCC(C)(C)C)C(=O)O. The second kappa shape index (κ2) is 7.09. The van der Waals surface area contributed by atoms with E-state index in [1.54, 1.807) is 0 Å². The zero-order valence-corrected chi connectivity index (χ0v) is 12.5. The highest BCUT2D eigenvalue weighted by molar-refractivity contribution is 7.89. The van der Waals surface area contributed by atoms with Gasteiger partial charge < -0.3 is 5.11 Å². The topological polar surface area (TPSA) is 83.5 Å². The first kappa shape index (κ1) is 17.4. The number of sulfonamides is 1. The molecule has 0 aromatic heterocycles. The van der Waals surface area contributed by atoms with Gasteiger partial charge in [0.25, 0.3) is 0 Å². The van der Waals surface area contributed by atoms with E-state index in [1.165, 1.54) is 0 Å². The van der Waals surface area contributed by atoms with Crippen molar-refractivity contribution in [3.05, 3.63) is 0 Å². The first-order chi connectivity index (χ1) is 8.07. The van der Waals surface area contributed by atoms with Gasteiger partial charge in [0.15, 0.2) is 0 Å². The molecule has 2 N–H and O–H groups in total. The molecule has 1 atom stereocenters.